The van der Waals surface area contributed by atoms with Crippen LogP contribution in [0.2, 0.25) is 0 Å². The van der Waals surface area contributed by atoms with E-state index in [4.69, 9.17) is 0 Å². The average Bonchev–Trinajstić information content (AvgIpc) is 2.82. The summed E-state index contributed by atoms with van der Waals surface area (Å²) in [6, 6.07) is 0. The largest absolute Gasteiger partial charge is 0.467 e. The molecule has 5 rings (SSSR count). The number of aliphatic hydroxyl groups is 1. The molecular formula is C18H29NO3. The van der Waals surface area contributed by atoms with E-state index >= 15 is 0 Å². The summed E-state index contributed by atoms with van der Waals surface area (Å²) in [7, 11) is 1.34. The van der Waals surface area contributed by atoms with Gasteiger partial charge in [-0.25, -0.2) is 4.79 Å². The highest BCUT2D eigenvalue weighted by Gasteiger charge is 2.61. The average molecular weight is 307 g/mol. The number of esters is 1. The van der Waals surface area contributed by atoms with Gasteiger partial charge in [-0.3, -0.25) is 0 Å². The Morgan fingerprint density at radius 2 is 1.77 bits per heavy atom. The normalized spacial score (nSPS) is 50.5. The monoisotopic (exact) mass is 307 g/mol. The standard InChI is InChI=1S/C18H29NO3/c1-17(10-15(20)16(21)22-2)3-4-18(19-17)13-6-11-5-12(8-13)9-14(18)7-11/h11-15,19-20H,3-10H2,1-2H3. The first-order valence-corrected chi connectivity index (χ1v) is 8.99. The van der Waals surface area contributed by atoms with Gasteiger partial charge in [-0.2, -0.15) is 0 Å². The Balaban J connectivity index is 1.51. The Morgan fingerprint density at radius 3 is 2.32 bits per heavy atom. The van der Waals surface area contributed by atoms with Gasteiger partial charge in [-0.05, 0) is 75.5 Å². The number of rotatable bonds is 3. The molecule has 22 heavy (non-hydrogen) atoms. The maximum absolute atomic E-state index is 11.6. The summed E-state index contributed by atoms with van der Waals surface area (Å²) in [6.07, 6.45) is 8.80. The van der Waals surface area contributed by atoms with Crippen LogP contribution in [-0.2, 0) is 9.53 Å². The molecule has 0 aromatic heterocycles. The SMILES string of the molecule is COC(=O)C(O)CC1(C)CCC2(N1)C1CC3CC(C1)CC2C3. The summed E-state index contributed by atoms with van der Waals surface area (Å²) >= 11 is 0. The van der Waals surface area contributed by atoms with Crippen molar-refractivity contribution < 1.29 is 14.6 Å². The Morgan fingerprint density at radius 1 is 1.18 bits per heavy atom. The molecule has 5 aliphatic rings. The van der Waals surface area contributed by atoms with Gasteiger partial charge >= 0.3 is 5.97 Å². The van der Waals surface area contributed by atoms with Crippen LogP contribution in [0.1, 0.15) is 58.3 Å². The molecule has 4 saturated carbocycles. The maximum atomic E-state index is 11.6. The molecule has 4 bridgehead atoms. The van der Waals surface area contributed by atoms with Crippen LogP contribution in [0, 0.1) is 23.7 Å². The zero-order valence-corrected chi connectivity index (χ0v) is 13.8. The molecule has 4 nitrogen and oxygen atoms in total. The second-order valence-electron chi connectivity index (χ2n) is 8.77. The van der Waals surface area contributed by atoms with Gasteiger partial charge in [0.15, 0.2) is 6.10 Å². The smallest absolute Gasteiger partial charge is 0.334 e. The summed E-state index contributed by atoms with van der Waals surface area (Å²) < 4.78 is 4.68. The van der Waals surface area contributed by atoms with Gasteiger partial charge in [0, 0.05) is 17.5 Å². The van der Waals surface area contributed by atoms with E-state index in [1.165, 1.54) is 45.6 Å². The summed E-state index contributed by atoms with van der Waals surface area (Å²) in [5, 5.41) is 14.0. The van der Waals surface area contributed by atoms with Gasteiger partial charge in [-0.1, -0.05) is 0 Å². The van der Waals surface area contributed by atoms with Crippen molar-refractivity contribution >= 4 is 5.97 Å². The molecule has 0 amide bonds. The zero-order valence-electron chi connectivity index (χ0n) is 13.8. The number of aliphatic hydroxyl groups excluding tert-OH is 1. The molecule has 1 heterocycles. The summed E-state index contributed by atoms with van der Waals surface area (Å²) in [5.41, 5.74) is 0.154. The fourth-order valence-corrected chi connectivity index (χ4v) is 6.61. The third-order valence-electron chi connectivity index (χ3n) is 7.34. The molecule has 0 aromatic rings. The lowest BCUT2D eigenvalue weighted by Crippen LogP contribution is -2.65. The number of nitrogens with one attached hydrogen (secondary N) is 1. The van der Waals surface area contributed by atoms with Crippen molar-refractivity contribution in [2.75, 3.05) is 7.11 Å². The molecule has 4 aliphatic carbocycles. The fraction of sp³-hybridized carbons (Fsp3) is 0.944. The number of carbonyl (C=O) groups excluding carboxylic acids is 1. The fourth-order valence-electron chi connectivity index (χ4n) is 6.61. The Kier molecular flexibility index (Phi) is 3.36. The van der Waals surface area contributed by atoms with Crippen molar-refractivity contribution in [2.24, 2.45) is 23.7 Å². The van der Waals surface area contributed by atoms with Crippen LogP contribution in [0.5, 0.6) is 0 Å². The molecule has 2 N–H and O–H groups in total. The Hall–Kier alpha value is -0.610. The van der Waals surface area contributed by atoms with E-state index < -0.39 is 12.1 Å². The Labute approximate surface area is 133 Å². The van der Waals surface area contributed by atoms with Gasteiger partial charge < -0.3 is 15.2 Å². The lowest BCUT2D eigenvalue weighted by atomic mass is 9.48. The number of ether oxygens (including phenoxy) is 1. The number of carbonyl (C=O) groups is 1. The summed E-state index contributed by atoms with van der Waals surface area (Å²) in [5.74, 6) is 3.08. The minimum atomic E-state index is -1.01. The molecule has 0 aromatic carbocycles. The van der Waals surface area contributed by atoms with Crippen molar-refractivity contribution in [2.45, 2.75) is 75.5 Å². The molecular weight excluding hydrogens is 278 g/mol. The van der Waals surface area contributed by atoms with Crippen LogP contribution in [0.3, 0.4) is 0 Å². The minimum absolute atomic E-state index is 0.136. The van der Waals surface area contributed by atoms with Crippen LogP contribution in [0.25, 0.3) is 0 Å². The van der Waals surface area contributed by atoms with E-state index in [0.717, 1.165) is 30.1 Å². The van der Waals surface area contributed by atoms with Crippen molar-refractivity contribution in [3.8, 4) is 0 Å². The molecule has 1 saturated heterocycles. The predicted octanol–water partition coefficient (Wildman–Crippen LogP) is 2.25. The lowest BCUT2D eigenvalue weighted by Gasteiger charge is -2.61. The van der Waals surface area contributed by atoms with Crippen LogP contribution < -0.4 is 5.32 Å². The number of hydrogen-bond acceptors (Lipinski definition) is 4. The van der Waals surface area contributed by atoms with Gasteiger partial charge in [0.25, 0.3) is 0 Å². The van der Waals surface area contributed by atoms with Gasteiger partial charge in [-0.15, -0.1) is 0 Å². The highest BCUT2D eigenvalue weighted by molar-refractivity contribution is 5.74. The first-order valence-electron chi connectivity index (χ1n) is 8.99. The zero-order chi connectivity index (χ0) is 15.5. The molecule has 5 fully saturated rings. The molecule has 2 atom stereocenters. The quantitative estimate of drug-likeness (QED) is 0.785. The van der Waals surface area contributed by atoms with Crippen molar-refractivity contribution in [3.63, 3.8) is 0 Å². The minimum Gasteiger partial charge on any atom is -0.467 e. The van der Waals surface area contributed by atoms with Crippen molar-refractivity contribution in [1.82, 2.24) is 5.32 Å². The topological polar surface area (TPSA) is 58.6 Å². The molecule has 4 heteroatoms. The Bertz CT molecular complexity index is 449. The first-order chi connectivity index (χ1) is 10.4. The third-order valence-corrected chi connectivity index (χ3v) is 7.34. The maximum Gasteiger partial charge on any atom is 0.334 e. The van der Waals surface area contributed by atoms with Crippen LogP contribution in [-0.4, -0.2) is 35.4 Å². The number of hydrogen-bond donors (Lipinski definition) is 2. The lowest BCUT2D eigenvalue weighted by molar-refractivity contribution is -0.151. The molecule has 1 aliphatic heterocycles. The molecule has 124 valence electrons. The van der Waals surface area contributed by atoms with Gasteiger partial charge in [0.1, 0.15) is 0 Å². The summed E-state index contributed by atoms with van der Waals surface area (Å²) in [4.78, 5) is 11.6. The number of methoxy groups -OCH3 is 1. The molecule has 2 unspecified atom stereocenters. The molecule has 0 radical (unpaired) electrons. The van der Waals surface area contributed by atoms with Crippen molar-refractivity contribution in [1.29, 1.82) is 0 Å². The van der Waals surface area contributed by atoms with E-state index in [9.17, 15) is 9.90 Å². The second kappa shape index (κ2) is 4.94. The van der Waals surface area contributed by atoms with Gasteiger partial charge in [0.05, 0.1) is 7.11 Å². The van der Waals surface area contributed by atoms with E-state index in [1.54, 1.807) is 0 Å². The van der Waals surface area contributed by atoms with Gasteiger partial charge in [0.2, 0.25) is 0 Å². The van der Waals surface area contributed by atoms with Crippen LogP contribution in [0.15, 0.2) is 0 Å². The molecule has 1 spiro atoms. The van der Waals surface area contributed by atoms with E-state index in [0.29, 0.717) is 6.42 Å². The highest BCUT2D eigenvalue weighted by Crippen LogP contribution is 2.62. The second-order valence-corrected chi connectivity index (χ2v) is 8.77. The summed E-state index contributed by atoms with van der Waals surface area (Å²) in [6.45, 7) is 2.18. The predicted molar refractivity (Wildman–Crippen MR) is 83.2 cm³/mol. The van der Waals surface area contributed by atoms with E-state index in [2.05, 4.69) is 17.0 Å². The van der Waals surface area contributed by atoms with E-state index in [1.807, 2.05) is 0 Å². The highest BCUT2D eigenvalue weighted by atomic mass is 16.5. The van der Waals surface area contributed by atoms with E-state index in [-0.39, 0.29) is 11.1 Å². The third kappa shape index (κ3) is 2.14. The first kappa shape index (κ1) is 14.9. The van der Waals surface area contributed by atoms with Crippen molar-refractivity contribution in [3.05, 3.63) is 0 Å². The van der Waals surface area contributed by atoms with Crippen LogP contribution >= 0.6 is 0 Å². The van der Waals surface area contributed by atoms with Crippen LogP contribution in [0.4, 0.5) is 0 Å².